The molecule has 3 aliphatic rings. The Balaban J connectivity index is 0.000000154. The Labute approximate surface area is 564 Å². The van der Waals surface area contributed by atoms with E-state index in [1.807, 2.05) is 73.7 Å². The van der Waals surface area contributed by atoms with E-state index in [-0.39, 0.29) is 56.1 Å². The van der Waals surface area contributed by atoms with Crippen LogP contribution in [0.2, 0.25) is 0 Å². The second kappa shape index (κ2) is 25.2. The molecule has 0 saturated carbocycles. The van der Waals surface area contributed by atoms with E-state index >= 15 is 0 Å². The molecule has 0 atom stereocenters. The smallest absolute Gasteiger partial charge is 0.346 e. The van der Waals surface area contributed by atoms with E-state index < -0.39 is 11.9 Å². The summed E-state index contributed by atoms with van der Waals surface area (Å²) >= 11 is 6.95. The lowest BCUT2D eigenvalue weighted by Gasteiger charge is -2.33. The van der Waals surface area contributed by atoms with Gasteiger partial charge in [0.05, 0.1) is 29.1 Å². The van der Waals surface area contributed by atoms with Crippen LogP contribution in [0.4, 0.5) is 17.1 Å². The monoisotopic (exact) mass is 1370 g/mol. The summed E-state index contributed by atoms with van der Waals surface area (Å²) in [5.74, 6) is -1.60. The number of esters is 2. The van der Waals surface area contributed by atoms with Gasteiger partial charge in [-0.2, -0.15) is 0 Å². The van der Waals surface area contributed by atoms with Crippen molar-refractivity contribution in [1.82, 2.24) is 0 Å². The second-order valence-corrected chi connectivity index (χ2v) is 32.0. The van der Waals surface area contributed by atoms with Crippen molar-refractivity contribution >= 4 is 117 Å². The fourth-order valence-corrected chi connectivity index (χ4v) is 13.0. The number of hydrogen-bond acceptors (Lipinski definition) is 9. The number of hydrogen-bond donors (Lipinski definition) is 1. The number of carbonyl (C=O) groups is 6. The maximum atomic E-state index is 13.8. The SMILES string of the molecule is CC(C)(C)c1ccc(C(C)(C)C)c(N)c1.CC(C)(C)c1ccc(C(C)(C)C)c(N2C(=O)c3cccc4c(Br)ccc(c34)C2=O)c1.CCOc1ccc2c3c(cccc13)C(=O)N(c1cc(C(C)(C)C)ccc1C(C)(C)C)C2=O.O=C1OC(=O)c2ccc(Br)c3cccc1c23. The van der Waals surface area contributed by atoms with Gasteiger partial charge in [-0.3, -0.25) is 19.2 Å². The van der Waals surface area contributed by atoms with Crippen molar-refractivity contribution in [2.75, 3.05) is 22.1 Å². The predicted molar refractivity (Wildman–Crippen MR) is 386 cm³/mol. The fourth-order valence-electron chi connectivity index (χ4n) is 12.1. The largest absolute Gasteiger partial charge is 0.493 e. The lowest BCUT2D eigenvalue weighted by atomic mass is 9.80. The second-order valence-electron chi connectivity index (χ2n) is 30.3. The maximum Gasteiger partial charge on any atom is 0.346 e. The molecule has 9 aromatic carbocycles. The number of benzene rings is 9. The van der Waals surface area contributed by atoms with Gasteiger partial charge in [0.2, 0.25) is 0 Å². The van der Waals surface area contributed by atoms with Crippen LogP contribution in [0.5, 0.6) is 5.75 Å². The van der Waals surface area contributed by atoms with Gasteiger partial charge in [0, 0.05) is 58.4 Å². The van der Waals surface area contributed by atoms with Crippen LogP contribution < -0.4 is 20.3 Å². The van der Waals surface area contributed by atoms with E-state index in [1.165, 1.54) is 20.9 Å². The highest BCUT2D eigenvalue weighted by Crippen LogP contribution is 2.45. The van der Waals surface area contributed by atoms with Gasteiger partial charge in [-0.05, 0) is 156 Å². The molecule has 0 radical (unpaired) electrons. The molecule has 4 amide bonds. The Morgan fingerprint density at radius 3 is 1.09 bits per heavy atom. The molecule has 2 N–H and O–H groups in total. The number of nitrogens with zero attached hydrogens (tertiary/aromatic N) is 2. The van der Waals surface area contributed by atoms with E-state index in [0.717, 1.165) is 58.4 Å². The van der Waals surface area contributed by atoms with Crippen molar-refractivity contribution in [3.8, 4) is 5.75 Å². The van der Waals surface area contributed by atoms with Crippen LogP contribution in [0.1, 0.15) is 227 Å². The van der Waals surface area contributed by atoms with E-state index in [4.69, 9.17) is 10.5 Å². The number of imide groups is 2. The molecule has 0 unspecified atom stereocenters. The summed E-state index contributed by atoms with van der Waals surface area (Å²) in [5.41, 5.74) is 17.7. The van der Waals surface area contributed by atoms with E-state index in [0.29, 0.717) is 67.9 Å². The normalized spacial score (nSPS) is 14.1. The highest BCUT2D eigenvalue weighted by Gasteiger charge is 2.40. The molecule has 11 nitrogen and oxygen atoms in total. The third kappa shape index (κ3) is 13.6. The van der Waals surface area contributed by atoms with Crippen LogP contribution >= 0.6 is 31.9 Å². The lowest BCUT2D eigenvalue weighted by molar-refractivity contribution is 0.0390. The molecule has 93 heavy (non-hydrogen) atoms. The number of halogens is 2. The summed E-state index contributed by atoms with van der Waals surface area (Å²) in [7, 11) is 0. The minimum absolute atomic E-state index is 0.101. The van der Waals surface area contributed by atoms with Gasteiger partial charge in [0.15, 0.2) is 0 Å². The molecule has 12 rings (SSSR count). The van der Waals surface area contributed by atoms with Crippen LogP contribution in [0.15, 0.2) is 155 Å². The number of rotatable bonds is 4. The Hall–Kier alpha value is -8.26. The Morgan fingerprint density at radius 2 is 0.699 bits per heavy atom. The average Bonchev–Trinajstić information content (AvgIpc) is 0.747. The number of ether oxygens (including phenoxy) is 2. The molecule has 0 aromatic heterocycles. The van der Waals surface area contributed by atoms with E-state index in [9.17, 15) is 28.8 Å². The highest BCUT2D eigenvalue weighted by atomic mass is 79.9. The number of nitrogen functional groups attached to an aromatic ring is 1. The number of nitrogens with two attached hydrogens (primary N) is 1. The molecule has 13 heteroatoms. The minimum Gasteiger partial charge on any atom is -0.493 e. The number of amides is 4. The Kier molecular flexibility index (Phi) is 18.7. The third-order valence-corrected chi connectivity index (χ3v) is 18.6. The van der Waals surface area contributed by atoms with Gasteiger partial charge < -0.3 is 15.2 Å². The van der Waals surface area contributed by atoms with Crippen LogP contribution in [0.25, 0.3) is 32.3 Å². The van der Waals surface area contributed by atoms with Crippen molar-refractivity contribution in [1.29, 1.82) is 0 Å². The standard InChI is InChI=1S/C28H31NO3.C26H26BrNO2.C14H23N.C12H5BrO3/c1-8-32-23-15-13-20-24-18(23)10-9-11-19(24)25(30)29(26(20)31)22-16-17(27(2,3)4)12-14-21(22)28(5,6)7;1-25(2,3)15-10-12-19(26(4,5)6)21(14-15)28-23(29)17-9-7-8-16-20(27)13-11-18(22(16)17)24(28)30;1-13(2,3)10-7-8-11(12(15)9-10)14(4,5)6;13-9-5-4-8-10-6(9)2-1-3-7(10)11(14)16-12(8)15/h9-16H,8H2,1-7H3;7-14H,1-6H3;7-9H,15H2,1-6H3;1-5H. The van der Waals surface area contributed by atoms with Crippen LogP contribution in [0, 0.1) is 0 Å². The average molecular weight is 1380 g/mol. The summed E-state index contributed by atoms with van der Waals surface area (Å²) in [6.45, 7) is 41.0. The first-order valence-corrected chi connectivity index (χ1v) is 33.1. The zero-order chi connectivity index (χ0) is 68.6. The Bertz CT molecular complexity index is 4490. The first kappa shape index (κ1) is 69.1. The van der Waals surface area contributed by atoms with E-state index in [1.54, 1.807) is 36.4 Å². The van der Waals surface area contributed by atoms with Crippen molar-refractivity contribution in [3.05, 3.63) is 221 Å². The maximum absolute atomic E-state index is 13.8. The molecule has 0 spiro atoms. The molecule has 0 fully saturated rings. The number of anilines is 3. The fraction of sp³-hybridized carbons (Fsp3) is 0.325. The topological polar surface area (TPSA) is 153 Å². The van der Waals surface area contributed by atoms with Gasteiger partial charge in [0.1, 0.15) is 5.75 Å². The number of carbonyl (C=O) groups excluding carboxylic acids is 6. The quantitative estimate of drug-likeness (QED) is 0.0785. The molecule has 9 aromatic rings. The third-order valence-electron chi connectivity index (χ3n) is 17.2. The first-order chi connectivity index (χ1) is 43.2. The molecular formula is C80H85Br2N3O8. The highest BCUT2D eigenvalue weighted by molar-refractivity contribution is 9.11. The van der Waals surface area contributed by atoms with Crippen LogP contribution in [0.3, 0.4) is 0 Å². The van der Waals surface area contributed by atoms with Gasteiger partial charge in [-0.15, -0.1) is 0 Å². The lowest BCUT2D eigenvalue weighted by Crippen LogP contribution is -2.42. The molecule has 0 saturated heterocycles. The molecule has 0 aliphatic carbocycles. The summed E-state index contributed by atoms with van der Waals surface area (Å²) in [6, 6.07) is 46.0. The summed E-state index contributed by atoms with van der Waals surface area (Å²) in [6.07, 6.45) is 0. The van der Waals surface area contributed by atoms with Gasteiger partial charge >= 0.3 is 11.9 Å². The van der Waals surface area contributed by atoms with Crippen molar-refractivity contribution in [2.24, 2.45) is 0 Å². The zero-order valence-corrected chi connectivity index (χ0v) is 60.2. The van der Waals surface area contributed by atoms with Gasteiger partial charge in [-0.25, -0.2) is 19.4 Å². The molecule has 482 valence electrons. The molecule has 3 aliphatic heterocycles. The van der Waals surface area contributed by atoms with E-state index in [2.05, 4.69) is 204 Å². The zero-order valence-electron chi connectivity index (χ0n) is 57.1. The number of cyclic esters (lactones) is 2. The molecule has 3 heterocycles. The minimum atomic E-state index is -0.582. The van der Waals surface area contributed by atoms with Crippen molar-refractivity contribution in [3.63, 3.8) is 0 Å². The first-order valence-electron chi connectivity index (χ1n) is 31.5. The van der Waals surface area contributed by atoms with Crippen LogP contribution in [-0.4, -0.2) is 42.2 Å². The Morgan fingerprint density at radius 1 is 0.376 bits per heavy atom. The molecule has 0 bridgehead atoms. The van der Waals surface area contributed by atoms with Gasteiger partial charge in [-0.1, -0.05) is 229 Å². The summed E-state index contributed by atoms with van der Waals surface area (Å²) in [4.78, 5) is 80.7. The van der Waals surface area contributed by atoms with Crippen LogP contribution in [-0.2, 0) is 37.2 Å². The summed E-state index contributed by atoms with van der Waals surface area (Å²) < 4.78 is 12.1. The summed E-state index contributed by atoms with van der Waals surface area (Å²) in [5, 5.41) is 4.59. The predicted octanol–water partition coefficient (Wildman–Crippen LogP) is 20.4. The molecular weight excluding hydrogens is 1290 g/mol. The van der Waals surface area contributed by atoms with Gasteiger partial charge in [0.25, 0.3) is 23.6 Å². The van der Waals surface area contributed by atoms with Crippen molar-refractivity contribution in [2.45, 2.75) is 164 Å². The van der Waals surface area contributed by atoms with Crippen molar-refractivity contribution < 1.29 is 38.2 Å².